The number of aromatic amines is 1. The molecule has 0 bridgehead atoms. The lowest BCUT2D eigenvalue weighted by Gasteiger charge is -2.06. The lowest BCUT2D eigenvalue weighted by Crippen LogP contribution is -2.26. The normalized spacial score (nSPS) is 11.1. The highest BCUT2D eigenvalue weighted by molar-refractivity contribution is 8.00. The van der Waals surface area contributed by atoms with Gasteiger partial charge in [0.2, 0.25) is 0 Å². The molecular weight excluding hydrogens is 422 g/mol. The zero-order valence-corrected chi connectivity index (χ0v) is 18.2. The van der Waals surface area contributed by atoms with Gasteiger partial charge >= 0.3 is 0 Å². The minimum Gasteiger partial charge on any atom is -0.352 e. The number of aromatic nitrogens is 4. The van der Waals surface area contributed by atoms with Crippen LogP contribution in [0.4, 0.5) is 0 Å². The molecule has 0 saturated heterocycles. The van der Waals surface area contributed by atoms with Gasteiger partial charge in [0.1, 0.15) is 5.82 Å². The van der Waals surface area contributed by atoms with Crippen LogP contribution in [-0.2, 0) is 19.2 Å². The van der Waals surface area contributed by atoms with Gasteiger partial charge in [0, 0.05) is 31.3 Å². The standard InChI is InChI=1S/C20H19N5OS3/c1-25-17(23-24-19(25)27)10-11-21-18(26)14-8-6-13(7-9-14)12-28-20-22-15-4-2-3-5-16(15)29-20/h2-9H,10-12H2,1H3,(H,21,26)(H,24,27). The molecule has 0 unspecified atom stereocenters. The SMILES string of the molecule is Cn1c(CCNC(=O)c2ccc(CSc3nc4ccccc4s3)cc2)n[nH]c1=S. The fourth-order valence-corrected chi connectivity index (χ4v) is 4.98. The maximum Gasteiger partial charge on any atom is 0.251 e. The van der Waals surface area contributed by atoms with Crippen molar-refractivity contribution < 1.29 is 4.79 Å². The number of nitrogens with zero attached hydrogens (tertiary/aromatic N) is 3. The summed E-state index contributed by atoms with van der Waals surface area (Å²) in [4.78, 5) is 17.0. The average Bonchev–Trinajstić information content (AvgIpc) is 3.30. The molecule has 29 heavy (non-hydrogen) atoms. The van der Waals surface area contributed by atoms with Crippen molar-refractivity contribution in [1.29, 1.82) is 0 Å². The molecule has 148 valence electrons. The molecule has 0 spiro atoms. The molecule has 4 rings (SSSR count). The van der Waals surface area contributed by atoms with Crippen molar-refractivity contribution in [1.82, 2.24) is 25.1 Å². The number of amides is 1. The number of para-hydroxylation sites is 1. The van der Waals surface area contributed by atoms with Gasteiger partial charge in [-0.1, -0.05) is 36.0 Å². The number of carbonyl (C=O) groups excluding carboxylic acids is 1. The fraction of sp³-hybridized carbons (Fsp3) is 0.200. The van der Waals surface area contributed by atoms with Crippen LogP contribution in [0.15, 0.2) is 52.9 Å². The van der Waals surface area contributed by atoms with Gasteiger partial charge in [-0.15, -0.1) is 11.3 Å². The summed E-state index contributed by atoms with van der Waals surface area (Å²) in [6, 6.07) is 15.9. The maximum atomic E-state index is 12.3. The smallest absolute Gasteiger partial charge is 0.251 e. The summed E-state index contributed by atoms with van der Waals surface area (Å²) in [5.41, 5.74) is 2.85. The first-order valence-electron chi connectivity index (χ1n) is 9.06. The molecule has 0 saturated carbocycles. The molecular formula is C20H19N5OS3. The van der Waals surface area contributed by atoms with Crippen molar-refractivity contribution >= 4 is 51.4 Å². The van der Waals surface area contributed by atoms with Crippen molar-refractivity contribution in [2.24, 2.45) is 7.05 Å². The summed E-state index contributed by atoms with van der Waals surface area (Å²) in [6.07, 6.45) is 0.617. The first-order chi connectivity index (χ1) is 14.1. The van der Waals surface area contributed by atoms with Crippen molar-refractivity contribution in [2.45, 2.75) is 16.5 Å². The molecule has 1 amide bonds. The highest BCUT2D eigenvalue weighted by Gasteiger charge is 2.08. The van der Waals surface area contributed by atoms with Gasteiger partial charge in [-0.05, 0) is 42.0 Å². The van der Waals surface area contributed by atoms with Gasteiger partial charge in [-0.25, -0.2) is 4.98 Å². The Morgan fingerprint density at radius 3 is 2.76 bits per heavy atom. The van der Waals surface area contributed by atoms with E-state index in [-0.39, 0.29) is 5.91 Å². The zero-order chi connectivity index (χ0) is 20.2. The van der Waals surface area contributed by atoms with Crippen LogP contribution in [0, 0.1) is 4.77 Å². The summed E-state index contributed by atoms with van der Waals surface area (Å²) in [5, 5.41) is 9.81. The number of thiazole rings is 1. The average molecular weight is 442 g/mol. The van der Waals surface area contributed by atoms with Crippen LogP contribution in [0.5, 0.6) is 0 Å². The Hall–Kier alpha value is -2.49. The molecule has 2 N–H and O–H groups in total. The molecule has 2 aromatic carbocycles. The van der Waals surface area contributed by atoms with Crippen LogP contribution < -0.4 is 5.32 Å². The van der Waals surface area contributed by atoms with E-state index in [1.807, 2.05) is 49.5 Å². The van der Waals surface area contributed by atoms with E-state index in [9.17, 15) is 4.79 Å². The molecule has 0 aliphatic carbocycles. The number of nitrogens with one attached hydrogen (secondary N) is 2. The highest BCUT2D eigenvalue weighted by Crippen LogP contribution is 2.31. The summed E-state index contributed by atoms with van der Waals surface area (Å²) >= 11 is 8.51. The van der Waals surface area contributed by atoms with Crippen molar-refractivity contribution in [3.63, 3.8) is 0 Å². The Bertz CT molecular complexity index is 1160. The van der Waals surface area contributed by atoms with Crippen molar-refractivity contribution in [3.8, 4) is 0 Å². The predicted molar refractivity (Wildman–Crippen MR) is 120 cm³/mol. The van der Waals surface area contributed by atoms with E-state index in [0.717, 1.165) is 27.0 Å². The molecule has 9 heteroatoms. The Morgan fingerprint density at radius 1 is 1.24 bits per heavy atom. The molecule has 0 aliphatic rings. The van der Waals surface area contributed by atoms with Crippen LogP contribution in [0.2, 0.25) is 0 Å². The van der Waals surface area contributed by atoms with E-state index >= 15 is 0 Å². The predicted octanol–water partition coefficient (Wildman–Crippen LogP) is 4.35. The topological polar surface area (TPSA) is 75.6 Å². The van der Waals surface area contributed by atoms with Gasteiger partial charge in [-0.2, -0.15) is 5.10 Å². The molecule has 6 nitrogen and oxygen atoms in total. The number of benzene rings is 2. The van der Waals surface area contributed by atoms with Gasteiger partial charge in [0.05, 0.1) is 10.2 Å². The van der Waals surface area contributed by atoms with Crippen molar-refractivity contribution in [2.75, 3.05) is 6.54 Å². The first kappa shape index (κ1) is 19.8. The van der Waals surface area contributed by atoms with Crippen molar-refractivity contribution in [3.05, 3.63) is 70.3 Å². The number of fused-ring (bicyclic) bond motifs is 1. The third-order valence-electron chi connectivity index (χ3n) is 4.46. The van der Waals surface area contributed by atoms with Crippen LogP contribution in [-0.4, -0.2) is 32.2 Å². The van der Waals surface area contributed by atoms with Crippen LogP contribution in [0.3, 0.4) is 0 Å². The van der Waals surface area contributed by atoms with E-state index in [1.54, 1.807) is 27.7 Å². The van der Waals surface area contributed by atoms with E-state index in [4.69, 9.17) is 12.2 Å². The van der Waals surface area contributed by atoms with Gasteiger partial charge in [0.25, 0.3) is 5.91 Å². The molecule has 0 atom stereocenters. The molecule has 0 fully saturated rings. The molecule has 2 aromatic heterocycles. The second-order valence-electron chi connectivity index (χ2n) is 6.44. The Balaban J connectivity index is 1.29. The summed E-state index contributed by atoms with van der Waals surface area (Å²) in [5.74, 6) is 1.55. The third kappa shape index (κ3) is 4.75. The van der Waals surface area contributed by atoms with Gasteiger partial charge in [-0.3, -0.25) is 9.89 Å². The second kappa shape index (κ2) is 8.89. The first-order valence-corrected chi connectivity index (χ1v) is 11.3. The number of rotatable bonds is 7. The minimum atomic E-state index is -0.0906. The monoisotopic (exact) mass is 441 g/mol. The number of hydrogen-bond donors (Lipinski definition) is 2. The van der Waals surface area contributed by atoms with Crippen LogP contribution >= 0.6 is 35.3 Å². The van der Waals surface area contributed by atoms with Gasteiger partial charge in [0.15, 0.2) is 9.11 Å². The minimum absolute atomic E-state index is 0.0906. The maximum absolute atomic E-state index is 12.3. The number of H-pyrrole nitrogens is 1. The molecule has 2 heterocycles. The lowest BCUT2D eigenvalue weighted by atomic mass is 10.1. The second-order valence-corrected chi connectivity index (χ2v) is 9.08. The van der Waals surface area contributed by atoms with E-state index < -0.39 is 0 Å². The quantitative estimate of drug-likeness (QED) is 0.329. The third-order valence-corrected chi connectivity index (χ3v) is 7.07. The Morgan fingerprint density at radius 2 is 2.03 bits per heavy atom. The van der Waals surface area contributed by atoms with Crippen LogP contribution in [0.25, 0.3) is 10.2 Å². The number of thioether (sulfide) groups is 1. The molecule has 0 radical (unpaired) electrons. The summed E-state index contributed by atoms with van der Waals surface area (Å²) in [7, 11) is 1.86. The molecule has 0 aliphatic heterocycles. The summed E-state index contributed by atoms with van der Waals surface area (Å²) in [6.45, 7) is 0.501. The highest BCUT2D eigenvalue weighted by atomic mass is 32.2. The summed E-state index contributed by atoms with van der Waals surface area (Å²) < 4.78 is 4.64. The lowest BCUT2D eigenvalue weighted by molar-refractivity contribution is 0.0954. The van der Waals surface area contributed by atoms with E-state index in [2.05, 4.69) is 26.6 Å². The number of hydrogen-bond acceptors (Lipinski definition) is 6. The largest absolute Gasteiger partial charge is 0.352 e. The van der Waals surface area contributed by atoms with Crippen LogP contribution in [0.1, 0.15) is 21.7 Å². The zero-order valence-electron chi connectivity index (χ0n) is 15.7. The fourth-order valence-electron chi connectivity index (χ4n) is 2.80. The van der Waals surface area contributed by atoms with E-state index in [0.29, 0.717) is 23.3 Å². The molecule has 4 aromatic rings. The Labute approximate surface area is 181 Å². The number of carbonyl (C=O) groups is 1. The van der Waals surface area contributed by atoms with E-state index in [1.165, 1.54) is 4.70 Å². The Kier molecular flexibility index (Phi) is 6.08. The van der Waals surface area contributed by atoms with Gasteiger partial charge < -0.3 is 9.88 Å².